The zero-order chi connectivity index (χ0) is 16.9. The van der Waals surface area contributed by atoms with E-state index in [1.807, 2.05) is 13.8 Å². The first kappa shape index (κ1) is 17.4. The van der Waals surface area contributed by atoms with Gasteiger partial charge in [-0.05, 0) is 64.0 Å². The highest BCUT2D eigenvalue weighted by Gasteiger charge is 2.39. The molecule has 0 atom stereocenters. The maximum absolute atomic E-state index is 12.5. The van der Waals surface area contributed by atoms with Crippen LogP contribution in [0.3, 0.4) is 0 Å². The molecule has 1 aliphatic rings. The third-order valence-electron chi connectivity index (χ3n) is 4.04. The van der Waals surface area contributed by atoms with Gasteiger partial charge < -0.3 is 20.7 Å². The van der Waals surface area contributed by atoms with E-state index in [2.05, 4.69) is 16.0 Å². The van der Waals surface area contributed by atoms with Gasteiger partial charge in [-0.3, -0.25) is 9.59 Å². The van der Waals surface area contributed by atoms with Gasteiger partial charge in [0.25, 0.3) is 11.8 Å². The van der Waals surface area contributed by atoms with E-state index in [1.165, 1.54) is 0 Å². The number of amides is 2. The highest BCUT2D eigenvalue weighted by atomic mass is 16.5. The molecule has 0 radical (unpaired) electrons. The number of hydrogen-bond donors (Lipinski definition) is 3. The minimum absolute atomic E-state index is 0.0864. The molecular formula is C17H25N3O3. The maximum Gasteiger partial charge on any atom is 0.256 e. The van der Waals surface area contributed by atoms with Gasteiger partial charge in [0.15, 0.2) is 0 Å². The van der Waals surface area contributed by atoms with Crippen LogP contribution in [0, 0.1) is 0 Å². The molecule has 1 saturated heterocycles. The molecule has 6 heteroatoms. The summed E-state index contributed by atoms with van der Waals surface area (Å²) in [7, 11) is 1.57. The van der Waals surface area contributed by atoms with Crippen LogP contribution in [0.4, 0.5) is 5.69 Å². The van der Waals surface area contributed by atoms with Gasteiger partial charge in [-0.2, -0.15) is 0 Å². The number of methoxy groups -OCH3 is 1. The average molecular weight is 319 g/mol. The third-order valence-corrected chi connectivity index (χ3v) is 4.04. The highest BCUT2D eigenvalue weighted by molar-refractivity contribution is 5.98. The van der Waals surface area contributed by atoms with Crippen LogP contribution < -0.4 is 16.0 Å². The Morgan fingerprint density at radius 3 is 2.30 bits per heavy atom. The zero-order valence-corrected chi connectivity index (χ0v) is 13.9. The lowest BCUT2D eigenvalue weighted by atomic mass is 9.91. The summed E-state index contributed by atoms with van der Waals surface area (Å²) in [6.45, 7) is 5.34. The van der Waals surface area contributed by atoms with Crippen molar-refractivity contribution in [2.75, 3.05) is 25.5 Å². The zero-order valence-electron chi connectivity index (χ0n) is 13.9. The first-order chi connectivity index (χ1) is 11.0. The molecule has 126 valence electrons. The molecular weight excluding hydrogens is 294 g/mol. The lowest BCUT2D eigenvalue weighted by Crippen LogP contribution is -2.51. The summed E-state index contributed by atoms with van der Waals surface area (Å²) >= 11 is 0. The van der Waals surface area contributed by atoms with Gasteiger partial charge in [-0.25, -0.2) is 0 Å². The van der Waals surface area contributed by atoms with Gasteiger partial charge >= 0.3 is 0 Å². The molecule has 2 rings (SSSR count). The first-order valence-electron chi connectivity index (χ1n) is 7.95. The topological polar surface area (TPSA) is 79.5 Å². The predicted octanol–water partition coefficient (Wildman–Crippen LogP) is 1.53. The minimum atomic E-state index is -0.779. The Balaban J connectivity index is 2.02. The van der Waals surface area contributed by atoms with Gasteiger partial charge in [-0.1, -0.05) is 0 Å². The van der Waals surface area contributed by atoms with E-state index in [0.717, 1.165) is 13.1 Å². The van der Waals surface area contributed by atoms with Crippen LogP contribution in [0.2, 0.25) is 0 Å². The summed E-state index contributed by atoms with van der Waals surface area (Å²) in [6.07, 6.45) is 1.29. The third kappa shape index (κ3) is 4.30. The van der Waals surface area contributed by atoms with Crippen molar-refractivity contribution in [1.82, 2.24) is 10.6 Å². The standard InChI is InChI=1S/C17H25N3O3/c1-12(2)19-15(21)13-4-6-14(7-5-13)20-16(22)17(23-3)8-10-18-11-9-17/h4-7,12,18H,8-11H2,1-3H3,(H,19,21)(H,20,22). The fourth-order valence-corrected chi connectivity index (χ4v) is 2.65. The highest BCUT2D eigenvalue weighted by Crippen LogP contribution is 2.24. The van der Waals surface area contributed by atoms with Crippen molar-refractivity contribution in [3.63, 3.8) is 0 Å². The van der Waals surface area contributed by atoms with Crippen molar-refractivity contribution in [2.45, 2.75) is 38.3 Å². The Morgan fingerprint density at radius 2 is 1.78 bits per heavy atom. The Morgan fingerprint density at radius 1 is 1.17 bits per heavy atom. The summed E-state index contributed by atoms with van der Waals surface area (Å²) in [5.74, 6) is -0.259. The summed E-state index contributed by atoms with van der Waals surface area (Å²) in [6, 6.07) is 6.96. The molecule has 3 N–H and O–H groups in total. The number of rotatable bonds is 5. The van der Waals surface area contributed by atoms with E-state index in [-0.39, 0.29) is 17.9 Å². The van der Waals surface area contributed by atoms with E-state index in [0.29, 0.717) is 24.1 Å². The van der Waals surface area contributed by atoms with Gasteiger partial charge in [0.1, 0.15) is 5.60 Å². The van der Waals surface area contributed by atoms with Crippen LogP contribution >= 0.6 is 0 Å². The quantitative estimate of drug-likeness (QED) is 0.769. The van der Waals surface area contributed by atoms with Crippen molar-refractivity contribution in [3.05, 3.63) is 29.8 Å². The Hall–Kier alpha value is -1.92. The second-order valence-corrected chi connectivity index (χ2v) is 6.11. The van der Waals surface area contributed by atoms with Crippen molar-refractivity contribution < 1.29 is 14.3 Å². The monoisotopic (exact) mass is 319 g/mol. The van der Waals surface area contributed by atoms with Gasteiger partial charge in [0.2, 0.25) is 0 Å². The molecule has 0 bridgehead atoms. The molecule has 0 spiro atoms. The fraction of sp³-hybridized carbons (Fsp3) is 0.529. The number of hydrogen-bond acceptors (Lipinski definition) is 4. The average Bonchev–Trinajstić information content (AvgIpc) is 2.55. The number of anilines is 1. The van der Waals surface area contributed by atoms with Crippen LogP contribution in [-0.2, 0) is 9.53 Å². The Kier molecular flexibility index (Phi) is 5.74. The molecule has 23 heavy (non-hydrogen) atoms. The van der Waals surface area contributed by atoms with E-state index in [9.17, 15) is 9.59 Å². The first-order valence-corrected chi connectivity index (χ1v) is 7.95. The number of nitrogens with one attached hydrogen (secondary N) is 3. The smallest absolute Gasteiger partial charge is 0.256 e. The van der Waals surface area contributed by atoms with E-state index < -0.39 is 5.60 Å². The SMILES string of the molecule is COC1(C(=O)Nc2ccc(C(=O)NC(C)C)cc2)CCNCC1. The largest absolute Gasteiger partial charge is 0.368 e. The molecule has 1 aromatic rings. The molecule has 1 aromatic carbocycles. The molecule has 0 unspecified atom stereocenters. The molecule has 1 heterocycles. The van der Waals surface area contributed by atoms with Crippen LogP contribution in [0.5, 0.6) is 0 Å². The molecule has 0 saturated carbocycles. The van der Waals surface area contributed by atoms with Crippen LogP contribution in [0.25, 0.3) is 0 Å². The van der Waals surface area contributed by atoms with E-state index >= 15 is 0 Å². The summed E-state index contributed by atoms with van der Waals surface area (Å²) in [4.78, 5) is 24.4. The molecule has 0 aliphatic carbocycles. The molecule has 1 aliphatic heterocycles. The van der Waals surface area contributed by atoms with Gasteiger partial charge in [-0.15, -0.1) is 0 Å². The maximum atomic E-state index is 12.5. The van der Waals surface area contributed by atoms with Gasteiger partial charge in [0, 0.05) is 24.4 Å². The normalized spacial score (nSPS) is 16.9. The van der Waals surface area contributed by atoms with Crippen molar-refractivity contribution in [1.29, 1.82) is 0 Å². The number of carbonyl (C=O) groups excluding carboxylic acids is 2. The second kappa shape index (κ2) is 7.57. The van der Waals surface area contributed by atoms with Gasteiger partial charge in [0.05, 0.1) is 0 Å². The number of benzene rings is 1. The fourth-order valence-electron chi connectivity index (χ4n) is 2.65. The lowest BCUT2D eigenvalue weighted by Gasteiger charge is -2.34. The van der Waals surface area contributed by atoms with E-state index in [4.69, 9.17) is 4.74 Å². The van der Waals surface area contributed by atoms with Crippen molar-refractivity contribution in [2.24, 2.45) is 0 Å². The molecule has 6 nitrogen and oxygen atoms in total. The predicted molar refractivity (Wildman–Crippen MR) is 89.5 cm³/mol. The summed E-state index contributed by atoms with van der Waals surface area (Å²) < 4.78 is 5.50. The summed E-state index contributed by atoms with van der Waals surface area (Å²) in [5.41, 5.74) is 0.449. The van der Waals surface area contributed by atoms with Crippen molar-refractivity contribution >= 4 is 17.5 Å². The number of piperidine rings is 1. The van der Waals surface area contributed by atoms with E-state index in [1.54, 1.807) is 31.4 Å². The molecule has 2 amide bonds. The van der Waals surface area contributed by atoms with Crippen LogP contribution in [-0.4, -0.2) is 43.7 Å². The number of ether oxygens (including phenoxy) is 1. The Bertz CT molecular complexity index is 549. The Labute approximate surface area is 137 Å². The van der Waals surface area contributed by atoms with Crippen LogP contribution in [0.1, 0.15) is 37.0 Å². The number of carbonyl (C=O) groups is 2. The van der Waals surface area contributed by atoms with Crippen molar-refractivity contribution in [3.8, 4) is 0 Å². The summed E-state index contributed by atoms with van der Waals surface area (Å²) in [5, 5.41) is 8.94. The van der Waals surface area contributed by atoms with Crippen LogP contribution in [0.15, 0.2) is 24.3 Å². The lowest BCUT2D eigenvalue weighted by molar-refractivity contribution is -0.140. The minimum Gasteiger partial charge on any atom is -0.368 e. The second-order valence-electron chi connectivity index (χ2n) is 6.11. The molecule has 0 aromatic heterocycles. The molecule has 1 fully saturated rings.